The predicted octanol–water partition coefficient (Wildman–Crippen LogP) is 1.88. The minimum atomic E-state index is -0.530. The van der Waals surface area contributed by atoms with Crippen LogP contribution in [0.4, 0.5) is 0 Å². The number of methoxy groups -OCH3 is 1. The summed E-state index contributed by atoms with van der Waals surface area (Å²) in [4.78, 5) is 11.6. The molecule has 0 aromatic heterocycles. The van der Waals surface area contributed by atoms with Gasteiger partial charge in [-0.1, -0.05) is 26.3 Å². The number of hydrogen-bond donors (Lipinski definition) is 1. The average Bonchev–Trinajstić information content (AvgIpc) is 2.23. The van der Waals surface area contributed by atoms with Crippen molar-refractivity contribution in [1.29, 1.82) is 0 Å². The number of carbonyl (C=O) groups is 1. The Morgan fingerprint density at radius 2 is 2.21 bits per heavy atom. The van der Waals surface area contributed by atoms with E-state index in [-0.39, 0.29) is 5.97 Å². The topological polar surface area (TPSA) is 38.3 Å². The Kier molecular flexibility index (Phi) is 6.21. The van der Waals surface area contributed by atoms with Gasteiger partial charge in [-0.15, -0.1) is 6.58 Å². The molecule has 3 nitrogen and oxygen atoms in total. The van der Waals surface area contributed by atoms with Crippen molar-refractivity contribution in [3.63, 3.8) is 0 Å². The molecular weight excluding hydrogens is 178 g/mol. The fourth-order valence-electron chi connectivity index (χ4n) is 1.60. The molecule has 0 amide bonds. The molecular formula is C11H21NO2. The van der Waals surface area contributed by atoms with E-state index in [1.54, 1.807) is 6.08 Å². The molecule has 0 radical (unpaired) electrons. The van der Waals surface area contributed by atoms with Crippen molar-refractivity contribution in [2.45, 2.75) is 38.6 Å². The second-order valence-electron chi connectivity index (χ2n) is 3.35. The van der Waals surface area contributed by atoms with Crippen LogP contribution in [0.2, 0.25) is 0 Å². The van der Waals surface area contributed by atoms with Gasteiger partial charge in [-0.25, -0.2) is 0 Å². The van der Waals surface area contributed by atoms with Gasteiger partial charge < -0.3 is 4.74 Å². The minimum absolute atomic E-state index is 0.177. The molecule has 1 N–H and O–H groups in total. The highest BCUT2D eigenvalue weighted by Gasteiger charge is 2.35. The Labute approximate surface area is 86.5 Å². The second-order valence-corrected chi connectivity index (χ2v) is 3.35. The molecule has 1 atom stereocenters. The molecule has 14 heavy (non-hydrogen) atoms. The third-order valence-corrected chi connectivity index (χ3v) is 2.44. The Hall–Kier alpha value is -0.830. The second kappa shape index (κ2) is 6.60. The maximum atomic E-state index is 11.6. The number of carbonyl (C=O) groups excluding carboxylic acids is 1. The Morgan fingerprint density at radius 3 is 2.57 bits per heavy atom. The van der Waals surface area contributed by atoms with Crippen LogP contribution >= 0.6 is 0 Å². The highest BCUT2D eigenvalue weighted by atomic mass is 16.5. The third kappa shape index (κ3) is 3.14. The average molecular weight is 199 g/mol. The summed E-state index contributed by atoms with van der Waals surface area (Å²) >= 11 is 0. The van der Waals surface area contributed by atoms with Gasteiger partial charge in [0.1, 0.15) is 5.54 Å². The smallest absolute Gasteiger partial charge is 0.326 e. The van der Waals surface area contributed by atoms with E-state index in [0.717, 1.165) is 19.3 Å². The molecule has 3 heteroatoms. The molecule has 0 fully saturated rings. The molecule has 0 aliphatic rings. The standard InChI is InChI=1S/C11H21NO2/c1-5-8-11(7-3,10(13)14-4)12-9-6-2/h6,12H,2,5,7-9H2,1,3-4H3. The molecule has 0 spiro atoms. The number of hydrogen-bond acceptors (Lipinski definition) is 3. The third-order valence-electron chi connectivity index (χ3n) is 2.44. The highest BCUT2D eigenvalue weighted by Crippen LogP contribution is 2.19. The van der Waals surface area contributed by atoms with E-state index in [2.05, 4.69) is 18.8 Å². The summed E-state index contributed by atoms with van der Waals surface area (Å²) < 4.78 is 4.82. The summed E-state index contributed by atoms with van der Waals surface area (Å²) in [6.45, 7) is 8.30. The first kappa shape index (κ1) is 13.2. The first-order valence-corrected chi connectivity index (χ1v) is 5.11. The first-order chi connectivity index (χ1) is 6.66. The summed E-state index contributed by atoms with van der Waals surface area (Å²) in [5, 5.41) is 3.19. The van der Waals surface area contributed by atoms with Crippen LogP contribution in [0.1, 0.15) is 33.1 Å². The van der Waals surface area contributed by atoms with E-state index in [4.69, 9.17) is 4.74 Å². The maximum Gasteiger partial charge on any atom is 0.326 e. The lowest BCUT2D eigenvalue weighted by atomic mass is 9.90. The van der Waals surface area contributed by atoms with Gasteiger partial charge in [0.2, 0.25) is 0 Å². The van der Waals surface area contributed by atoms with Crippen LogP contribution in [0.15, 0.2) is 12.7 Å². The van der Waals surface area contributed by atoms with Crippen LogP contribution in [0.5, 0.6) is 0 Å². The molecule has 1 unspecified atom stereocenters. The summed E-state index contributed by atoms with van der Waals surface area (Å²) in [6, 6.07) is 0. The SMILES string of the molecule is C=CCNC(CC)(CCC)C(=O)OC. The van der Waals surface area contributed by atoms with E-state index in [0.29, 0.717) is 6.54 Å². The molecule has 0 aliphatic heterocycles. The molecule has 82 valence electrons. The van der Waals surface area contributed by atoms with Crippen molar-refractivity contribution in [2.24, 2.45) is 0 Å². The molecule has 0 saturated carbocycles. The van der Waals surface area contributed by atoms with Gasteiger partial charge in [0.25, 0.3) is 0 Å². The lowest BCUT2D eigenvalue weighted by molar-refractivity contribution is -0.149. The van der Waals surface area contributed by atoms with Gasteiger partial charge in [0, 0.05) is 6.54 Å². The van der Waals surface area contributed by atoms with Crippen LogP contribution in [0, 0.1) is 0 Å². The van der Waals surface area contributed by atoms with Crippen LogP contribution in [-0.2, 0) is 9.53 Å². The van der Waals surface area contributed by atoms with Gasteiger partial charge in [0.15, 0.2) is 0 Å². The lowest BCUT2D eigenvalue weighted by Gasteiger charge is -2.30. The highest BCUT2D eigenvalue weighted by molar-refractivity contribution is 5.80. The Morgan fingerprint density at radius 1 is 1.57 bits per heavy atom. The van der Waals surface area contributed by atoms with Gasteiger partial charge in [0.05, 0.1) is 7.11 Å². The van der Waals surface area contributed by atoms with Gasteiger partial charge in [-0.2, -0.15) is 0 Å². The molecule has 0 bridgehead atoms. The van der Waals surface area contributed by atoms with E-state index in [9.17, 15) is 4.79 Å². The van der Waals surface area contributed by atoms with E-state index < -0.39 is 5.54 Å². The minimum Gasteiger partial charge on any atom is -0.468 e. The molecule has 0 aromatic carbocycles. The van der Waals surface area contributed by atoms with Crippen molar-refractivity contribution < 1.29 is 9.53 Å². The summed E-state index contributed by atoms with van der Waals surface area (Å²) in [5.74, 6) is -0.177. The van der Waals surface area contributed by atoms with Crippen molar-refractivity contribution in [2.75, 3.05) is 13.7 Å². The number of ether oxygens (including phenoxy) is 1. The molecule has 0 aliphatic carbocycles. The van der Waals surface area contributed by atoms with Crippen molar-refractivity contribution >= 4 is 5.97 Å². The van der Waals surface area contributed by atoms with Gasteiger partial charge >= 0.3 is 5.97 Å². The Balaban J connectivity index is 4.57. The molecule has 0 heterocycles. The summed E-state index contributed by atoms with van der Waals surface area (Å²) in [5.41, 5.74) is -0.530. The van der Waals surface area contributed by atoms with Crippen LogP contribution in [-0.4, -0.2) is 25.2 Å². The van der Waals surface area contributed by atoms with Gasteiger partial charge in [-0.05, 0) is 12.8 Å². The van der Waals surface area contributed by atoms with Crippen LogP contribution < -0.4 is 5.32 Å². The maximum absolute atomic E-state index is 11.6. The van der Waals surface area contributed by atoms with Crippen molar-refractivity contribution in [3.05, 3.63) is 12.7 Å². The number of nitrogens with one attached hydrogen (secondary N) is 1. The molecule has 0 rings (SSSR count). The fourth-order valence-corrected chi connectivity index (χ4v) is 1.60. The van der Waals surface area contributed by atoms with Crippen LogP contribution in [0.25, 0.3) is 0 Å². The lowest BCUT2D eigenvalue weighted by Crippen LogP contribution is -2.52. The first-order valence-electron chi connectivity index (χ1n) is 5.11. The zero-order chi connectivity index (χ0) is 11.0. The normalized spacial score (nSPS) is 14.5. The predicted molar refractivity (Wildman–Crippen MR) is 58.1 cm³/mol. The van der Waals surface area contributed by atoms with Gasteiger partial charge in [-0.3, -0.25) is 10.1 Å². The summed E-state index contributed by atoms with van der Waals surface area (Å²) in [6.07, 6.45) is 4.24. The number of esters is 1. The zero-order valence-electron chi connectivity index (χ0n) is 9.43. The van der Waals surface area contributed by atoms with E-state index in [1.807, 2.05) is 6.92 Å². The van der Waals surface area contributed by atoms with Crippen LogP contribution in [0.3, 0.4) is 0 Å². The van der Waals surface area contributed by atoms with E-state index in [1.165, 1.54) is 7.11 Å². The fraction of sp³-hybridized carbons (Fsp3) is 0.727. The quantitative estimate of drug-likeness (QED) is 0.502. The van der Waals surface area contributed by atoms with Crippen molar-refractivity contribution in [1.82, 2.24) is 5.32 Å². The van der Waals surface area contributed by atoms with Crippen molar-refractivity contribution in [3.8, 4) is 0 Å². The largest absolute Gasteiger partial charge is 0.468 e. The monoisotopic (exact) mass is 199 g/mol. The zero-order valence-corrected chi connectivity index (χ0v) is 9.43. The number of rotatable bonds is 7. The molecule has 0 saturated heterocycles. The Bertz CT molecular complexity index is 192. The molecule has 0 aromatic rings. The summed E-state index contributed by atoms with van der Waals surface area (Å²) in [7, 11) is 1.43. The van der Waals surface area contributed by atoms with E-state index >= 15 is 0 Å².